The second-order valence-electron chi connectivity index (χ2n) is 4.45. The molecule has 0 bridgehead atoms. The fourth-order valence-electron chi connectivity index (χ4n) is 1.48. The average Bonchev–Trinajstić information content (AvgIpc) is 2.31. The van der Waals surface area contributed by atoms with E-state index in [9.17, 15) is 4.79 Å². The van der Waals surface area contributed by atoms with Crippen LogP contribution >= 0.6 is 11.6 Å². The zero-order valence-electron chi connectivity index (χ0n) is 10.9. The fraction of sp³-hybridized carbons (Fsp3) is 0.462. The molecule has 0 spiro atoms. The van der Waals surface area contributed by atoms with Gasteiger partial charge in [-0.25, -0.2) is 0 Å². The number of halogens is 1. The van der Waals surface area contributed by atoms with Crippen molar-refractivity contribution in [1.29, 1.82) is 0 Å². The molecule has 0 aliphatic heterocycles. The number of amides is 1. The molecule has 0 aliphatic carbocycles. The fourth-order valence-corrected chi connectivity index (χ4v) is 1.71. The lowest BCUT2D eigenvalue weighted by molar-refractivity contribution is -0.117. The van der Waals surface area contributed by atoms with E-state index in [4.69, 9.17) is 16.7 Å². The van der Waals surface area contributed by atoms with Gasteiger partial charge in [-0.05, 0) is 44.7 Å². The minimum atomic E-state index is -0.108. The number of aliphatic hydroxyl groups excluding tert-OH is 1. The summed E-state index contributed by atoms with van der Waals surface area (Å²) in [5, 5.41) is 12.5. The lowest BCUT2D eigenvalue weighted by Crippen LogP contribution is -2.38. The number of nitrogens with one attached hydrogen (secondary N) is 1. The number of rotatable bonds is 5. The van der Waals surface area contributed by atoms with Gasteiger partial charge < -0.3 is 10.4 Å². The van der Waals surface area contributed by atoms with E-state index in [1.54, 1.807) is 30.1 Å². The molecule has 0 aromatic heterocycles. The molecule has 1 unspecified atom stereocenters. The highest BCUT2D eigenvalue weighted by molar-refractivity contribution is 6.30. The minimum Gasteiger partial charge on any atom is -0.395 e. The summed E-state index contributed by atoms with van der Waals surface area (Å²) in [6, 6.07) is 5.29. The van der Waals surface area contributed by atoms with E-state index >= 15 is 0 Å². The van der Waals surface area contributed by atoms with Crippen molar-refractivity contribution in [2.24, 2.45) is 0 Å². The molecule has 4 nitrogen and oxygen atoms in total. The van der Waals surface area contributed by atoms with Crippen LogP contribution in [0.15, 0.2) is 18.2 Å². The van der Waals surface area contributed by atoms with E-state index < -0.39 is 0 Å². The molecule has 0 saturated carbocycles. The molecule has 1 amide bonds. The van der Waals surface area contributed by atoms with Gasteiger partial charge in [-0.1, -0.05) is 11.6 Å². The Morgan fingerprint density at radius 1 is 1.56 bits per heavy atom. The quantitative estimate of drug-likeness (QED) is 0.859. The van der Waals surface area contributed by atoms with E-state index in [-0.39, 0.29) is 25.1 Å². The Balaban J connectivity index is 2.59. The number of hydrogen-bond donors (Lipinski definition) is 2. The van der Waals surface area contributed by atoms with Crippen LogP contribution < -0.4 is 5.32 Å². The van der Waals surface area contributed by atoms with Gasteiger partial charge in [0.2, 0.25) is 5.91 Å². The first kappa shape index (κ1) is 15.0. The highest BCUT2D eigenvalue weighted by Crippen LogP contribution is 2.19. The molecule has 18 heavy (non-hydrogen) atoms. The SMILES string of the molecule is Cc1cc(Cl)ccc1NC(=O)CN(C)C(C)CO. The number of likely N-dealkylation sites (N-methyl/N-ethyl adjacent to an activating group) is 1. The van der Waals surface area contributed by atoms with Crippen LogP contribution in [0.1, 0.15) is 12.5 Å². The topological polar surface area (TPSA) is 52.6 Å². The van der Waals surface area contributed by atoms with Crippen LogP contribution in [-0.4, -0.2) is 42.2 Å². The van der Waals surface area contributed by atoms with Gasteiger partial charge in [-0.2, -0.15) is 0 Å². The molecular formula is C13H19ClN2O2. The zero-order valence-corrected chi connectivity index (χ0v) is 11.7. The van der Waals surface area contributed by atoms with Crippen LogP contribution in [0.4, 0.5) is 5.69 Å². The maximum absolute atomic E-state index is 11.8. The minimum absolute atomic E-state index is 0.0315. The summed E-state index contributed by atoms with van der Waals surface area (Å²) in [6.07, 6.45) is 0. The number of carbonyl (C=O) groups excluding carboxylic acids is 1. The standard InChI is InChI=1S/C13H19ClN2O2/c1-9-6-11(14)4-5-12(9)15-13(18)7-16(3)10(2)8-17/h4-6,10,17H,7-8H2,1-3H3,(H,15,18). The van der Waals surface area contributed by atoms with Crippen LogP contribution in [0.5, 0.6) is 0 Å². The number of aliphatic hydroxyl groups is 1. The molecule has 1 aromatic carbocycles. The molecule has 0 radical (unpaired) electrons. The van der Waals surface area contributed by atoms with Gasteiger partial charge in [0, 0.05) is 16.8 Å². The third-order valence-corrected chi connectivity index (χ3v) is 3.11. The summed E-state index contributed by atoms with van der Waals surface area (Å²) in [5.41, 5.74) is 1.68. The predicted octanol–water partition coefficient (Wildman–Crippen LogP) is 1.90. The Morgan fingerprint density at radius 3 is 2.78 bits per heavy atom. The summed E-state index contributed by atoms with van der Waals surface area (Å²) < 4.78 is 0. The summed E-state index contributed by atoms with van der Waals surface area (Å²) in [5.74, 6) is -0.108. The van der Waals surface area contributed by atoms with Crippen LogP contribution in [0.25, 0.3) is 0 Å². The number of anilines is 1. The third kappa shape index (κ3) is 4.29. The summed E-state index contributed by atoms with van der Waals surface area (Å²) in [4.78, 5) is 13.6. The zero-order chi connectivity index (χ0) is 13.7. The maximum Gasteiger partial charge on any atom is 0.238 e. The molecule has 0 fully saturated rings. The molecule has 0 saturated heterocycles. The highest BCUT2D eigenvalue weighted by Gasteiger charge is 2.12. The van der Waals surface area contributed by atoms with Gasteiger partial charge in [0.1, 0.15) is 0 Å². The van der Waals surface area contributed by atoms with Crippen molar-refractivity contribution in [3.63, 3.8) is 0 Å². The summed E-state index contributed by atoms with van der Waals surface area (Å²) >= 11 is 5.85. The van der Waals surface area contributed by atoms with Crippen LogP contribution in [0.2, 0.25) is 5.02 Å². The van der Waals surface area contributed by atoms with E-state index in [2.05, 4.69) is 5.32 Å². The van der Waals surface area contributed by atoms with Gasteiger partial charge in [-0.3, -0.25) is 9.69 Å². The Labute approximate surface area is 113 Å². The summed E-state index contributed by atoms with van der Waals surface area (Å²) in [7, 11) is 1.80. The van der Waals surface area contributed by atoms with E-state index in [1.807, 2.05) is 13.8 Å². The molecule has 1 aromatic rings. The Bertz CT molecular complexity index is 423. The first-order chi connectivity index (χ1) is 8.43. The molecule has 5 heteroatoms. The monoisotopic (exact) mass is 270 g/mol. The number of nitrogens with zero attached hydrogens (tertiary/aromatic N) is 1. The lowest BCUT2D eigenvalue weighted by atomic mass is 10.2. The molecule has 1 rings (SSSR count). The Kier molecular flexibility index (Phi) is 5.59. The molecule has 0 heterocycles. The summed E-state index contributed by atoms with van der Waals surface area (Å²) in [6.45, 7) is 4.02. The average molecular weight is 271 g/mol. The highest BCUT2D eigenvalue weighted by atomic mass is 35.5. The molecule has 2 N–H and O–H groups in total. The van der Waals surface area contributed by atoms with Gasteiger partial charge in [0.25, 0.3) is 0 Å². The van der Waals surface area contributed by atoms with Crippen molar-refractivity contribution in [3.05, 3.63) is 28.8 Å². The van der Waals surface area contributed by atoms with Crippen LogP contribution in [0.3, 0.4) is 0 Å². The van der Waals surface area contributed by atoms with Crippen molar-refractivity contribution >= 4 is 23.2 Å². The van der Waals surface area contributed by atoms with E-state index in [1.165, 1.54) is 0 Å². The maximum atomic E-state index is 11.8. The number of aryl methyl sites for hydroxylation is 1. The molecule has 1 atom stereocenters. The van der Waals surface area contributed by atoms with Crippen molar-refractivity contribution in [2.45, 2.75) is 19.9 Å². The van der Waals surface area contributed by atoms with Gasteiger partial charge >= 0.3 is 0 Å². The normalized spacial score (nSPS) is 12.6. The molecular weight excluding hydrogens is 252 g/mol. The largest absolute Gasteiger partial charge is 0.395 e. The van der Waals surface area contributed by atoms with Crippen LogP contribution in [0, 0.1) is 6.92 Å². The number of hydrogen-bond acceptors (Lipinski definition) is 3. The van der Waals surface area contributed by atoms with Gasteiger partial charge in [0.05, 0.1) is 13.2 Å². The smallest absolute Gasteiger partial charge is 0.238 e. The van der Waals surface area contributed by atoms with Gasteiger partial charge in [-0.15, -0.1) is 0 Å². The Morgan fingerprint density at radius 2 is 2.22 bits per heavy atom. The Hall–Kier alpha value is -1.10. The van der Waals surface area contributed by atoms with Crippen molar-refractivity contribution in [3.8, 4) is 0 Å². The third-order valence-electron chi connectivity index (χ3n) is 2.87. The van der Waals surface area contributed by atoms with Crippen molar-refractivity contribution < 1.29 is 9.90 Å². The first-order valence-electron chi connectivity index (χ1n) is 5.81. The lowest BCUT2D eigenvalue weighted by Gasteiger charge is -2.22. The van der Waals surface area contributed by atoms with Crippen molar-refractivity contribution in [2.75, 3.05) is 25.5 Å². The van der Waals surface area contributed by atoms with E-state index in [0.29, 0.717) is 5.02 Å². The number of benzene rings is 1. The second kappa shape index (κ2) is 6.73. The number of carbonyl (C=O) groups is 1. The second-order valence-corrected chi connectivity index (χ2v) is 4.89. The van der Waals surface area contributed by atoms with E-state index in [0.717, 1.165) is 11.3 Å². The molecule has 100 valence electrons. The first-order valence-corrected chi connectivity index (χ1v) is 6.19. The molecule has 0 aliphatic rings. The van der Waals surface area contributed by atoms with Crippen LogP contribution in [-0.2, 0) is 4.79 Å². The van der Waals surface area contributed by atoms with Crippen molar-refractivity contribution in [1.82, 2.24) is 4.90 Å². The predicted molar refractivity (Wildman–Crippen MR) is 74.0 cm³/mol. The van der Waals surface area contributed by atoms with Gasteiger partial charge in [0.15, 0.2) is 0 Å².